The Labute approximate surface area is 174 Å². The molecule has 2 aromatic carbocycles. The first-order chi connectivity index (χ1) is 13.6. The summed E-state index contributed by atoms with van der Waals surface area (Å²) < 4.78 is 26.1. The number of hydrogen-bond donors (Lipinski definition) is 1. The molecule has 29 heavy (non-hydrogen) atoms. The summed E-state index contributed by atoms with van der Waals surface area (Å²) in [5.74, 6) is -0.307. The van der Waals surface area contributed by atoms with E-state index in [1.165, 1.54) is 4.31 Å². The molecule has 6 nitrogen and oxygen atoms in total. The minimum absolute atomic E-state index is 0.307. The maximum atomic E-state index is 12.7. The second kappa shape index (κ2) is 9.78. The molecule has 0 bridgehead atoms. The summed E-state index contributed by atoms with van der Waals surface area (Å²) >= 11 is 0. The fourth-order valence-electron chi connectivity index (χ4n) is 3.22. The van der Waals surface area contributed by atoms with Crippen molar-refractivity contribution >= 4 is 27.3 Å². The van der Waals surface area contributed by atoms with E-state index in [0.717, 1.165) is 36.0 Å². The molecule has 0 aliphatic heterocycles. The lowest BCUT2D eigenvalue weighted by Crippen LogP contribution is -2.48. The number of sulfonamides is 1. The number of hydrogen-bond acceptors (Lipinski definition) is 4. The van der Waals surface area contributed by atoms with Crippen LogP contribution in [0.25, 0.3) is 0 Å². The van der Waals surface area contributed by atoms with Crippen LogP contribution >= 0.6 is 0 Å². The minimum atomic E-state index is -3.62. The Kier molecular flexibility index (Phi) is 7.67. The lowest BCUT2D eigenvalue weighted by atomic mass is 10.1. The van der Waals surface area contributed by atoms with Gasteiger partial charge in [0.15, 0.2) is 0 Å². The molecule has 2 rings (SSSR count). The van der Waals surface area contributed by atoms with Crippen LogP contribution in [-0.2, 0) is 14.8 Å². The summed E-state index contributed by atoms with van der Waals surface area (Å²) in [7, 11) is -1.61. The molecule has 0 heterocycles. The maximum Gasteiger partial charge on any atom is 0.243 e. The quantitative estimate of drug-likeness (QED) is 0.637. The van der Waals surface area contributed by atoms with Gasteiger partial charge in [0.05, 0.1) is 11.9 Å². The summed E-state index contributed by atoms with van der Waals surface area (Å²) in [5, 5.41) is 2.87. The van der Waals surface area contributed by atoms with Crippen molar-refractivity contribution in [1.29, 1.82) is 0 Å². The Balaban J connectivity index is 2.00. The van der Waals surface area contributed by atoms with Crippen LogP contribution in [0.15, 0.2) is 48.5 Å². The minimum Gasteiger partial charge on any atom is -0.375 e. The Bertz CT molecular complexity index is 930. The molecule has 1 unspecified atom stereocenters. The van der Waals surface area contributed by atoms with E-state index in [2.05, 4.69) is 10.2 Å². The molecule has 0 saturated heterocycles. The molecule has 1 amide bonds. The van der Waals surface area contributed by atoms with Crippen LogP contribution in [-0.4, -0.2) is 46.8 Å². The van der Waals surface area contributed by atoms with Gasteiger partial charge in [-0.1, -0.05) is 30.3 Å². The van der Waals surface area contributed by atoms with E-state index in [1.807, 2.05) is 63.4 Å². The van der Waals surface area contributed by atoms with Crippen molar-refractivity contribution in [2.75, 3.05) is 35.6 Å². The summed E-state index contributed by atoms with van der Waals surface area (Å²) in [4.78, 5) is 14.8. The van der Waals surface area contributed by atoms with Gasteiger partial charge in [0.1, 0.15) is 6.04 Å². The zero-order valence-electron chi connectivity index (χ0n) is 17.8. The van der Waals surface area contributed by atoms with Crippen molar-refractivity contribution in [3.05, 3.63) is 59.7 Å². The number of rotatable bonds is 9. The number of aryl methyl sites for hydroxylation is 2. The Morgan fingerprint density at radius 2 is 1.76 bits per heavy atom. The molecule has 158 valence electrons. The van der Waals surface area contributed by atoms with E-state index in [9.17, 15) is 13.2 Å². The van der Waals surface area contributed by atoms with E-state index >= 15 is 0 Å². The zero-order chi connectivity index (χ0) is 21.6. The molecule has 1 N–H and O–H groups in total. The largest absolute Gasteiger partial charge is 0.375 e. The standard InChI is InChI=1S/C22H31N3O3S/c1-17-12-13-18(2)21(16-17)25(29(5,27)28)19(3)22(26)23-14-9-15-24(4)20-10-7-6-8-11-20/h6-8,10-13,16,19H,9,14-15H2,1-5H3,(H,23,26). The average molecular weight is 418 g/mol. The molecule has 0 saturated carbocycles. The van der Waals surface area contributed by atoms with Gasteiger partial charge < -0.3 is 10.2 Å². The highest BCUT2D eigenvalue weighted by molar-refractivity contribution is 7.92. The lowest BCUT2D eigenvalue weighted by molar-refractivity contribution is -0.121. The van der Waals surface area contributed by atoms with Gasteiger partial charge in [-0.3, -0.25) is 9.10 Å². The molecule has 0 aliphatic carbocycles. The van der Waals surface area contributed by atoms with Crippen molar-refractivity contribution in [2.24, 2.45) is 0 Å². The van der Waals surface area contributed by atoms with Crippen LogP contribution in [0.2, 0.25) is 0 Å². The van der Waals surface area contributed by atoms with Gasteiger partial charge in [0.25, 0.3) is 0 Å². The first kappa shape index (κ1) is 22.7. The highest BCUT2D eigenvalue weighted by Crippen LogP contribution is 2.26. The van der Waals surface area contributed by atoms with Crippen LogP contribution in [0.1, 0.15) is 24.5 Å². The van der Waals surface area contributed by atoms with Gasteiger partial charge in [-0.2, -0.15) is 0 Å². The summed E-state index contributed by atoms with van der Waals surface area (Å²) in [6, 6.07) is 14.8. The highest BCUT2D eigenvalue weighted by atomic mass is 32.2. The summed E-state index contributed by atoms with van der Waals surface area (Å²) in [6.07, 6.45) is 1.89. The number of amides is 1. The van der Waals surface area contributed by atoms with Crippen molar-refractivity contribution < 1.29 is 13.2 Å². The first-order valence-electron chi connectivity index (χ1n) is 9.72. The van der Waals surface area contributed by atoms with Crippen molar-refractivity contribution in [1.82, 2.24) is 5.32 Å². The predicted octanol–water partition coefficient (Wildman–Crippen LogP) is 3.10. The summed E-state index contributed by atoms with van der Waals surface area (Å²) in [5.41, 5.74) is 3.41. The van der Waals surface area contributed by atoms with E-state index in [4.69, 9.17) is 0 Å². The smallest absolute Gasteiger partial charge is 0.243 e. The number of nitrogens with one attached hydrogen (secondary N) is 1. The predicted molar refractivity (Wildman–Crippen MR) is 120 cm³/mol. The topological polar surface area (TPSA) is 69.7 Å². The molecule has 0 aliphatic rings. The van der Waals surface area contributed by atoms with Crippen LogP contribution < -0.4 is 14.5 Å². The van der Waals surface area contributed by atoms with Crippen LogP contribution in [0.5, 0.6) is 0 Å². The van der Waals surface area contributed by atoms with Gasteiger partial charge in [-0.15, -0.1) is 0 Å². The zero-order valence-corrected chi connectivity index (χ0v) is 18.7. The van der Waals surface area contributed by atoms with Crippen LogP contribution in [0, 0.1) is 13.8 Å². The molecule has 7 heteroatoms. The summed E-state index contributed by atoms with van der Waals surface area (Å²) in [6.45, 7) is 6.62. The van der Waals surface area contributed by atoms with E-state index < -0.39 is 16.1 Å². The third kappa shape index (κ3) is 6.22. The molecule has 0 spiro atoms. The Morgan fingerprint density at radius 1 is 1.10 bits per heavy atom. The monoisotopic (exact) mass is 417 g/mol. The van der Waals surface area contributed by atoms with Gasteiger partial charge >= 0.3 is 0 Å². The number of benzene rings is 2. The molecule has 0 radical (unpaired) electrons. The van der Waals surface area contributed by atoms with Crippen molar-refractivity contribution in [3.8, 4) is 0 Å². The SMILES string of the molecule is Cc1ccc(C)c(N(C(C)C(=O)NCCCN(C)c2ccccc2)S(C)(=O)=O)c1. The van der Waals surface area contributed by atoms with Crippen LogP contribution in [0.4, 0.5) is 11.4 Å². The molecular weight excluding hydrogens is 386 g/mol. The van der Waals surface area contributed by atoms with Gasteiger partial charge in [-0.05, 0) is 56.5 Å². The third-order valence-electron chi connectivity index (χ3n) is 4.86. The fraction of sp³-hybridized carbons (Fsp3) is 0.409. The molecule has 0 fully saturated rings. The normalized spacial score (nSPS) is 12.3. The lowest BCUT2D eigenvalue weighted by Gasteiger charge is -2.30. The van der Waals surface area contributed by atoms with Gasteiger partial charge in [0.2, 0.25) is 15.9 Å². The number of para-hydroxylation sites is 1. The van der Waals surface area contributed by atoms with E-state index in [-0.39, 0.29) is 5.91 Å². The Hall–Kier alpha value is -2.54. The molecular formula is C22H31N3O3S. The molecule has 2 aromatic rings. The fourth-order valence-corrected chi connectivity index (χ4v) is 4.45. The number of anilines is 2. The molecule has 1 atom stereocenters. The first-order valence-corrected chi connectivity index (χ1v) is 11.6. The van der Waals surface area contributed by atoms with Gasteiger partial charge in [0, 0.05) is 25.8 Å². The Morgan fingerprint density at radius 3 is 2.38 bits per heavy atom. The van der Waals surface area contributed by atoms with Crippen molar-refractivity contribution in [2.45, 2.75) is 33.2 Å². The number of carbonyl (C=O) groups excluding carboxylic acids is 1. The number of nitrogens with zero attached hydrogens (tertiary/aromatic N) is 2. The van der Waals surface area contributed by atoms with Gasteiger partial charge in [-0.25, -0.2) is 8.42 Å². The van der Waals surface area contributed by atoms with E-state index in [0.29, 0.717) is 12.2 Å². The second-order valence-corrected chi connectivity index (χ2v) is 9.29. The van der Waals surface area contributed by atoms with Crippen molar-refractivity contribution in [3.63, 3.8) is 0 Å². The van der Waals surface area contributed by atoms with Crippen LogP contribution in [0.3, 0.4) is 0 Å². The highest BCUT2D eigenvalue weighted by Gasteiger charge is 2.30. The molecule has 0 aromatic heterocycles. The number of carbonyl (C=O) groups is 1. The second-order valence-electron chi connectivity index (χ2n) is 7.43. The van der Waals surface area contributed by atoms with E-state index in [1.54, 1.807) is 13.0 Å². The third-order valence-corrected chi connectivity index (χ3v) is 6.08. The average Bonchev–Trinajstić information content (AvgIpc) is 2.67. The maximum absolute atomic E-state index is 12.7.